The second-order valence-electron chi connectivity index (χ2n) is 10.1. The molecule has 8 nitrogen and oxygen atoms in total. The van der Waals surface area contributed by atoms with Crippen LogP contribution in [-0.4, -0.2) is 37.2 Å². The lowest BCUT2D eigenvalue weighted by molar-refractivity contribution is 0.161. The van der Waals surface area contributed by atoms with Crippen molar-refractivity contribution < 1.29 is 4.74 Å². The maximum atomic E-state index is 13.2. The third-order valence-corrected chi connectivity index (χ3v) is 7.13. The fourth-order valence-corrected chi connectivity index (χ4v) is 4.97. The van der Waals surface area contributed by atoms with Crippen molar-refractivity contribution in [3.8, 4) is 5.75 Å². The topological polar surface area (TPSA) is 88.9 Å². The van der Waals surface area contributed by atoms with Gasteiger partial charge in [0, 0.05) is 24.2 Å². The first-order valence-corrected chi connectivity index (χ1v) is 13.2. The Labute approximate surface area is 228 Å². The first-order valence-electron chi connectivity index (χ1n) is 13.2. The van der Waals surface area contributed by atoms with Crippen LogP contribution in [0.1, 0.15) is 53.0 Å². The van der Waals surface area contributed by atoms with Crippen LogP contribution in [0.2, 0.25) is 0 Å². The molecule has 0 aliphatic heterocycles. The zero-order chi connectivity index (χ0) is 27.4. The first-order chi connectivity index (χ1) is 18.9. The standard InChI is InChI=1S/C31H34N6O2/c1-5-29(30-33-34-35-37(30)19-24-11-14-27(39-4)15-12-24)36(18-23-9-6-21(2)7-10-23)20-26-17-25-13-8-22(3)16-28(25)32-31(26)38/h6-17,29H,5,18-20H2,1-4H3,(H,32,38)/t29-/m0/s1. The number of nitrogens with one attached hydrogen (secondary N) is 1. The number of pyridine rings is 1. The maximum absolute atomic E-state index is 13.2. The number of fused-ring (bicyclic) bond motifs is 1. The lowest BCUT2D eigenvalue weighted by Gasteiger charge is -2.30. The van der Waals surface area contributed by atoms with Crippen LogP contribution in [0, 0.1) is 13.8 Å². The monoisotopic (exact) mass is 522 g/mol. The summed E-state index contributed by atoms with van der Waals surface area (Å²) in [4.78, 5) is 18.6. The molecule has 1 atom stereocenters. The van der Waals surface area contributed by atoms with E-state index in [1.165, 1.54) is 11.1 Å². The molecule has 0 spiro atoms. The highest BCUT2D eigenvalue weighted by Crippen LogP contribution is 2.27. The van der Waals surface area contributed by atoms with E-state index in [9.17, 15) is 4.79 Å². The lowest BCUT2D eigenvalue weighted by Crippen LogP contribution is -2.32. The third-order valence-electron chi connectivity index (χ3n) is 7.13. The summed E-state index contributed by atoms with van der Waals surface area (Å²) in [6.07, 6.45) is 0.777. The average Bonchev–Trinajstić information content (AvgIpc) is 3.39. The van der Waals surface area contributed by atoms with Gasteiger partial charge in [-0.2, -0.15) is 0 Å². The van der Waals surface area contributed by atoms with E-state index < -0.39 is 0 Å². The number of hydrogen-bond donors (Lipinski definition) is 1. The van der Waals surface area contributed by atoms with Gasteiger partial charge < -0.3 is 9.72 Å². The summed E-state index contributed by atoms with van der Waals surface area (Å²) in [5, 5.41) is 13.9. The summed E-state index contributed by atoms with van der Waals surface area (Å²) in [6, 6.07) is 24.5. The predicted molar refractivity (Wildman–Crippen MR) is 153 cm³/mol. The Hall–Kier alpha value is -4.30. The minimum atomic E-state index is -0.104. The van der Waals surface area contributed by atoms with Crippen LogP contribution in [0.25, 0.3) is 10.9 Å². The van der Waals surface area contributed by atoms with Crippen LogP contribution in [0.3, 0.4) is 0 Å². The van der Waals surface area contributed by atoms with Crippen LogP contribution in [-0.2, 0) is 19.6 Å². The Bertz CT molecular complexity index is 1610. The van der Waals surface area contributed by atoms with Crippen molar-refractivity contribution in [1.82, 2.24) is 30.1 Å². The van der Waals surface area contributed by atoms with Gasteiger partial charge in [0.25, 0.3) is 5.56 Å². The highest BCUT2D eigenvalue weighted by Gasteiger charge is 2.26. The molecule has 39 heavy (non-hydrogen) atoms. The fraction of sp³-hybridized carbons (Fsp3) is 0.290. The number of aromatic nitrogens is 5. The molecule has 0 unspecified atom stereocenters. The highest BCUT2D eigenvalue weighted by molar-refractivity contribution is 5.79. The number of benzene rings is 3. The van der Waals surface area contributed by atoms with Gasteiger partial charge in [-0.25, -0.2) is 4.68 Å². The molecule has 8 heteroatoms. The second-order valence-corrected chi connectivity index (χ2v) is 10.1. The van der Waals surface area contributed by atoms with Gasteiger partial charge in [0.1, 0.15) is 5.75 Å². The Morgan fingerprint density at radius 1 is 0.923 bits per heavy atom. The van der Waals surface area contributed by atoms with Crippen molar-refractivity contribution in [3.63, 3.8) is 0 Å². The van der Waals surface area contributed by atoms with Gasteiger partial charge >= 0.3 is 0 Å². The molecule has 0 aliphatic carbocycles. The number of nitrogens with zero attached hydrogens (tertiary/aromatic N) is 5. The molecule has 0 saturated carbocycles. The zero-order valence-electron chi connectivity index (χ0n) is 22.9. The highest BCUT2D eigenvalue weighted by atomic mass is 16.5. The van der Waals surface area contributed by atoms with Crippen LogP contribution in [0.5, 0.6) is 5.75 Å². The van der Waals surface area contributed by atoms with Crippen molar-refractivity contribution in [2.24, 2.45) is 0 Å². The summed E-state index contributed by atoms with van der Waals surface area (Å²) >= 11 is 0. The Morgan fingerprint density at radius 3 is 2.36 bits per heavy atom. The van der Waals surface area contributed by atoms with E-state index in [1.807, 2.05) is 48.0 Å². The van der Waals surface area contributed by atoms with E-state index in [2.05, 4.69) is 75.7 Å². The van der Waals surface area contributed by atoms with E-state index in [4.69, 9.17) is 4.74 Å². The molecule has 2 heterocycles. The number of rotatable bonds is 10. The summed E-state index contributed by atoms with van der Waals surface area (Å²) in [5.41, 5.74) is 6.06. The molecular weight excluding hydrogens is 488 g/mol. The SMILES string of the molecule is CC[C@@H](c1nnnn1Cc1ccc(OC)cc1)N(Cc1ccc(C)cc1)Cc1cc2ccc(C)cc2[nH]c1=O. The summed E-state index contributed by atoms with van der Waals surface area (Å²) in [7, 11) is 1.66. The van der Waals surface area contributed by atoms with E-state index in [0.717, 1.165) is 40.0 Å². The number of H-pyrrole nitrogens is 1. The van der Waals surface area contributed by atoms with Crippen molar-refractivity contribution in [2.75, 3.05) is 7.11 Å². The van der Waals surface area contributed by atoms with Gasteiger partial charge in [-0.3, -0.25) is 9.69 Å². The van der Waals surface area contributed by atoms with E-state index in [1.54, 1.807) is 7.11 Å². The van der Waals surface area contributed by atoms with Crippen LogP contribution < -0.4 is 10.3 Å². The Morgan fingerprint density at radius 2 is 1.64 bits per heavy atom. The van der Waals surface area contributed by atoms with Gasteiger partial charge in [-0.05, 0) is 77.0 Å². The number of hydrogen-bond acceptors (Lipinski definition) is 6. The normalized spacial score (nSPS) is 12.2. The largest absolute Gasteiger partial charge is 0.497 e. The molecule has 0 fully saturated rings. The van der Waals surface area contributed by atoms with Crippen molar-refractivity contribution in [1.29, 1.82) is 0 Å². The van der Waals surface area contributed by atoms with Gasteiger partial charge in [-0.1, -0.05) is 61.0 Å². The minimum absolute atomic E-state index is 0.0744. The summed E-state index contributed by atoms with van der Waals surface area (Å²) in [6.45, 7) is 7.89. The number of aryl methyl sites for hydroxylation is 2. The maximum Gasteiger partial charge on any atom is 0.252 e. The summed E-state index contributed by atoms with van der Waals surface area (Å²) in [5.74, 6) is 1.58. The fourth-order valence-electron chi connectivity index (χ4n) is 4.97. The summed E-state index contributed by atoms with van der Waals surface area (Å²) < 4.78 is 7.15. The minimum Gasteiger partial charge on any atom is -0.497 e. The van der Waals surface area contributed by atoms with Crippen molar-refractivity contribution >= 4 is 10.9 Å². The van der Waals surface area contributed by atoms with Crippen LogP contribution in [0.4, 0.5) is 0 Å². The first kappa shape index (κ1) is 26.3. The van der Waals surface area contributed by atoms with Crippen LogP contribution in [0.15, 0.2) is 77.6 Å². The van der Waals surface area contributed by atoms with Gasteiger partial charge in [0.15, 0.2) is 5.82 Å². The molecule has 0 bridgehead atoms. The quantitative estimate of drug-likeness (QED) is 0.266. The smallest absolute Gasteiger partial charge is 0.252 e. The Kier molecular flexibility index (Phi) is 7.84. The molecule has 0 aliphatic rings. The van der Waals surface area contributed by atoms with Gasteiger partial charge in [0.05, 0.1) is 19.7 Å². The van der Waals surface area contributed by atoms with Crippen LogP contribution >= 0.6 is 0 Å². The second kappa shape index (κ2) is 11.6. The van der Waals surface area contributed by atoms with Crippen molar-refractivity contribution in [3.05, 3.63) is 117 Å². The van der Waals surface area contributed by atoms with E-state index >= 15 is 0 Å². The average molecular weight is 523 g/mol. The molecule has 3 aromatic carbocycles. The van der Waals surface area contributed by atoms with Gasteiger partial charge in [0.2, 0.25) is 0 Å². The molecular formula is C31H34N6O2. The number of aromatic amines is 1. The van der Waals surface area contributed by atoms with E-state index in [-0.39, 0.29) is 11.6 Å². The lowest BCUT2D eigenvalue weighted by atomic mass is 10.1. The molecule has 1 N–H and O–H groups in total. The third kappa shape index (κ3) is 6.07. The molecule has 2 aromatic heterocycles. The molecule has 200 valence electrons. The molecule has 0 saturated heterocycles. The molecule has 5 aromatic rings. The van der Waals surface area contributed by atoms with Crippen molar-refractivity contribution in [2.45, 2.75) is 52.9 Å². The molecule has 0 radical (unpaired) electrons. The van der Waals surface area contributed by atoms with Gasteiger partial charge in [-0.15, -0.1) is 5.10 Å². The predicted octanol–water partition coefficient (Wildman–Crippen LogP) is 5.34. The Balaban J connectivity index is 1.50. The number of ether oxygens (including phenoxy) is 1. The number of tetrazole rings is 1. The molecule has 0 amide bonds. The number of methoxy groups -OCH3 is 1. The van der Waals surface area contributed by atoms with E-state index in [0.29, 0.717) is 25.2 Å². The zero-order valence-corrected chi connectivity index (χ0v) is 22.9. The molecule has 5 rings (SSSR count).